The van der Waals surface area contributed by atoms with Gasteiger partial charge in [-0.1, -0.05) is 18.2 Å². The SMILES string of the molecule is Cc1ccccc1NC(=O)c1cc(S(=O)(=O)N(C)C)ccc1N1CCCC1. The number of nitrogens with zero attached hydrogens (tertiary/aromatic N) is 2. The Hall–Kier alpha value is -2.38. The second-order valence-corrected chi connectivity index (χ2v) is 9.08. The number of para-hydroxylation sites is 1. The third-order valence-electron chi connectivity index (χ3n) is 4.83. The van der Waals surface area contributed by atoms with Crippen molar-refractivity contribution in [3.05, 3.63) is 53.6 Å². The van der Waals surface area contributed by atoms with Crippen LogP contribution in [0.25, 0.3) is 0 Å². The zero-order valence-corrected chi connectivity index (χ0v) is 16.7. The molecule has 2 aromatic carbocycles. The van der Waals surface area contributed by atoms with Crippen LogP contribution in [0.4, 0.5) is 11.4 Å². The van der Waals surface area contributed by atoms with Crippen molar-refractivity contribution in [2.24, 2.45) is 0 Å². The first-order valence-electron chi connectivity index (χ1n) is 8.99. The highest BCUT2D eigenvalue weighted by molar-refractivity contribution is 7.89. The summed E-state index contributed by atoms with van der Waals surface area (Å²) in [6.07, 6.45) is 2.13. The summed E-state index contributed by atoms with van der Waals surface area (Å²) in [6.45, 7) is 3.65. The van der Waals surface area contributed by atoms with Crippen molar-refractivity contribution in [3.63, 3.8) is 0 Å². The van der Waals surface area contributed by atoms with Gasteiger partial charge in [-0.05, 0) is 49.6 Å². The van der Waals surface area contributed by atoms with Crippen LogP contribution in [0.5, 0.6) is 0 Å². The first-order chi connectivity index (χ1) is 12.8. The fourth-order valence-corrected chi connectivity index (χ4v) is 4.13. The monoisotopic (exact) mass is 387 g/mol. The summed E-state index contributed by atoms with van der Waals surface area (Å²) in [5.74, 6) is -0.304. The van der Waals surface area contributed by atoms with Crippen molar-refractivity contribution in [2.75, 3.05) is 37.4 Å². The number of rotatable bonds is 5. The molecular weight excluding hydrogens is 362 g/mol. The largest absolute Gasteiger partial charge is 0.371 e. The summed E-state index contributed by atoms with van der Waals surface area (Å²) >= 11 is 0. The van der Waals surface area contributed by atoms with Gasteiger partial charge in [0.2, 0.25) is 10.0 Å². The van der Waals surface area contributed by atoms with E-state index in [1.54, 1.807) is 12.1 Å². The number of amides is 1. The average Bonchev–Trinajstić information content (AvgIpc) is 3.17. The van der Waals surface area contributed by atoms with Crippen molar-refractivity contribution < 1.29 is 13.2 Å². The molecule has 1 aliphatic rings. The molecule has 1 heterocycles. The lowest BCUT2D eigenvalue weighted by Gasteiger charge is -2.22. The van der Waals surface area contributed by atoms with Gasteiger partial charge in [0.15, 0.2) is 0 Å². The molecule has 0 saturated carbocycles. The van der Waals surface area contributed by atoms with Gasteiger partial charge < -0.3 is 10.2 Å². The van der Waals surface area contributed by atoms with Gasteiger partial charge in [0, 0.05) is 38.6 Å². The fraction of sp³-hybridized carbons (Fsp3) is 0.350. The minimum absolute atomic E-state index is 0.116. The minimum Gasteiger partial charge on any atom is -0.371 e. The zero-order valence-electron chi connectivity index (χ0n) is 15.9. The van der Waals surface area contributed by atoms with Crippen molar-refractivity contribution in [1.82, 2.24) is 4.31 Å². The van der Waals surface area contributed by atoms with Crippen LogP contribution in [0.15, 0.2) is 47.4 Å². The maximum atomic E-state index is 13.0. The van der Waals surface area contributed by atoms with E-state index >= 15 is 0 Å². The van der Waals surface area contributed by atoms with Gasteiger partial charge in [-0.25, -0.2) is 12.7 Å². The van der Waals surface area contributed by atoms with E-state index in [-0.39, 0.29) is 10.8 Å². The Morgan fingerprint density at radius 1 is 1.07 bits per heavy atom. The fourth-order valence-electron chi connectivity index (χ4n) is 3.20. The van der Waals surface area contributed by atoms with Gasteiger partial charge in [0.1, 0.15) is 0 Å². The predicted molar refractivity (Wildman–Crippen MR) is 108 cm³/mol. The first kappa shape index (κ1) is 19.4. The standard InChI is InChI=1S/C20H25N3O3S/c1-15-8-4-5-9-18(15)21-20(24)17-14-16(27(25,26)22(2)3)10-11-19(17)23-12-6-7-13-23/h4-5,8-11,14H,6-7,12-13H2,1-3H3,(H,21,24). The number of hydrogen-bond acceptors (Lipinski definition) is 4. The average molecular weight is 388 g/mol. The molecule has 0 aliphatic carbocycles. The Kier molecular flexibility index (Phi) is 5.53. The predicted octanol–water partition coefficient (Wildman–Crippen LogP) is 3.10. The molecule has 144 valence electrons. The number of benzene rings is 2. The van der Waals surface area contributed by atoms with Gasteiger partial charge >= 0.3 is 0 Å². The summed E-state index contributed by atoms with van der Waals surface area (Å²) < 4.78 is 26.2. The van der Waals surface area contributed by atoms with E-state index in [9.17, 15) is 13.2 Å². The van der Waals surface area contributed by atoms with E-state index < -0.39 is 10.0 Å². The molecule has 1 aliphatic heterocycles. The number of hydrogen-bond donors (Lipinski definition) is 1. The lowest BCUT2D eigenvalue weighted by molar-refractivity contribution is 0.102. The lowest BCUT2D eigenvalue weighted by atomic mass is 10.1. The summed E-state index contributed by atoms with van der Waals surface area (Å²) in [5.41, 5.74) is 2.82. The number of nitrogens with one attached hydrogen (secondary N) is 1. The lowest BCUT2D eigenvalue weighted by Crippen LogP contribution is -2.25. The highest BCUT2D eigenvalue weighted by Gasteiger charge is 2.24. The number of sulfonamides is 1. The number of carbonyl (C=O) groups is 1. The highest BCUT2D eigenvalue weighted by atomic mass is 32.2. The summed E-state index contributed by atoms with van der Waals surface area (Å²) in [5, 5.41) is 2.92. The molecule has 0 aromatic heterocycles. The molecule has 1 N–H and O–H groups in total. The van der Waals surface area contributed by atoms with Gasteiger partial charge in [-0.15, -0.1) is 0 Å². The molecular formula is C20H25N3O3S. The van der Waals surface area contributed by atoms with E-state index in [0.29, 0.717) is 5.56 Å². The van der Waals surface area contributed by atoms with Crippen molar-refractivity contribution >= 4 is 27.3 Å². The van der Waals surface area contributed by atoms with Crippen molar-refractivity contribution in [1.29, 1.82) is 0 Å². The highest BCUT2D eigenvalue weighted by Crippen LogP contribution is 2.29. The van der Waals surface area contributed by atoms with E-state index in [0.717, 1.165) is 47.2 Å². The van der Waals surface area contributed by atoms with Gasteiger partial charge in [-0.2, -0.15) is 0 Å². The van der Waals surface area contributed by atoms with E-state index in [1.807, 2.05) is 31.2 Å². The second-order valence-electron chi connectivity index (χ2n) is 6.93. The van der Waals surface area contributed by atoms with Crippen LogP contribution in [0.1, 0.15) is 28.8 Å². The maximum absolute atomic E-state index is 13.0. The molecule has 7 heteroatoms. The van der Waals surface area contributed by atoms with Crippen molar-refractivity contribution in [2.45, 2.75) is 24.7 Å². The Bertz CT molecular complexity index is 949. The zero-order chi connectivity index (χ0) is 19.6. The van der Waals surface area contributed by atoms with E-state index in [2.05, 4.69) is 10.2 Å². The van der Waals surface area contributed by atoms with Crippen LogP contribution in [-0.4, -0.2) is 45.8 Å². The minimum atomic E-state index is -3.62. The third kappa shape index (κ3) is 3.99. The molecule has 2 aromatic rings. The molecule has 27 heavy (non-hydrogen) atoms. The molecule has 0 bridgehead atoms. The number of carbonyl (C=O) groups excluding carboxylic acids is 1. The van der Waals surface area contributed by atoms with Gasteiger partial charge in [0.25, 0.3) is 5.91 Å². The maximum Gasteiger partial charge on any atom is 0.257 e. The summed E-state index contributed by atoms with van der Waals surface area (Å²) in [7, 11) is -0.654. The molecule has 0 atom stereocenters. The Morgan fingerprint density at radius 3 is 2.37 bits per heavy atom. The van der Waals surface area contributed by atoms with Crippen LogP contribution < -0.4 is 10.2 Å². The molecule has 3 rings (SSSR count). The Labute approximate surface area is 160 Å². The molecule has 6 nitrogen and oxygen atoms in total. The molecule has 1 amide bonds. The summed E-state index contributed by atoms with van der Waals surface area (Å²) in [4.78, 5) is 15.3. The van der Waals surface area contributed by atoms with Gasteiger partial charge in [-0.3, -0.25) is 4.79 Å². The molecule has 1 fully saturated rings. The summed E-state index contributed by atoms with van der Waals surface area (Å²) in [6, 6.07) is 12.3. The second kappa shape index (κ2) is 7.70. The smallest absolute Gasteiger partial charge is 0.257 e. The van der Waals surface area contributed by atoms with Crippen molar-refractivity contribution in [3.8, 4) is 0 Å². The first-order valence-corrected chi connectivity index (χ1v) is 10.4. The molecule has 1 saturated heterocycles. The Morgan fingerprint density at radius 2 is 1.74 bits per heavy atom. The normalized spacial score (nSPS) is 14.6. The van der Waals surface area contributed by atoms with E-state index in [1.165, 1.54) is 20.2 Å². The van der Waals surface area contributed by atoms with Crippen LogP contribution in [0.2, 0.25) is 0 Å². The van der Waals surface area contributed by atoms with Crippen LogP contribution in [0, 0.1) is 6.92 Å². The van der Waals surface area contributed by atoms with Crippen LogP contribution in [0.3, 0.4) is 0 Å². The van der Waals surface area contributed by atoms with Crippen LogP contribution >= 0.6 is 0 Å². The molecule has 0 unspecified atom stereocenters. The quantitative estimate of drug-likeness (QED) is 0.856. The van der Waals surface area contributed by atoms with Gasteiger partial charge in [0.05, 0.1) is 10.5 Å². The number of aryl methyl sites for hydroxylation is 1. The number of anilines is 2. The molecule has 0 spiro atoms. The van der Waals surface area contributed by atoms with E-state index in [4.69, 9.17) is 0 Å². The topological polar surface area (TPSA) is 69.7 Å². The Balaban J connectivity index is 2.04. The third-order valence-corrected chi connectivity index (χ3v) is 6.64. The van der Waals surface area contributed by atoms with Crippen LogP contribution in [-0.2, 0) is 10.0 Å². The molecule has 0 radical (unpaired) electrons.